The first-order valence-corrected chi connectivity index (χ1v) is 7.95. The van der Waals surface area contributed by atoms with Gasteiger partial charge in [-0.3, -0.25) is 4.31 Å². The first-order chi connectivity index (χ1) is 9.87. The van der Waals surface area contributed by atoms with Gasteiger partial charge in [-0.05, 0) is 24.3 Å². The van der Waals surface area contributed by atoms with Gasteiger partial charge in [-0.25, -0.2) is 13.2 Å². The van der Waals surface area contributed by atoms with Gasteiger partial charge in [-0.2, -0.15) is 5.26 Å². The van der Waals surface area contributed by atoms with Gasteiger partial charge >= 0.3 is 5.97 Å². The Balaban J connectivity index is 2.48. The smallest absolute Gasteiger partial charge is 0.345 e. The maximum atomic E-state index is 12.5. The van der Waals surface area contributed by atoms with Crippen molar-refractivity contribution in [2.24, 2.45) is 0 Å². The summed E-state index contributed by atoms with van der Waals surface area (Å²) < 4.78 is 25.8. The fourth-order valence-electron chi connectivity index (χ4n) is 1.68. The average Bonchev–Trinajstić information content (AvgIpc) is 2.97. The summed E-state index contributed by atoms with van der Waals surface area (Å²) in [6.07, 6.45) is 0. The predicted molar refractivity (Wildman–Crippen MR) is 78.0 cm³/mol. The molecule has 0 aliphatic heterocycles. The molecule has 0 spiro atoms. The summed E-state index contributed by atoms with van der Waals surface area (Å²) in [5.41, 5.74) is 0.462. The molecule has 0 amide bonds. The molecule has 0 bridgehead atoms. The first-order valence-electron chi connectivity index (χ1n) is 5.69. The van der Waals surface area contributed by atoms with Crippen LogP contribution in [0.5, 0.6) is 0 Å². The maximum absolute atomic E-state index is 12.5. The number of nitriles is 1. The summed E-state index contributed by atoms with van der Waals surface area (Å²) >= 11 is 0.672. The fraction of sp³-hybridized carbons (Fsp3) is 0.0769. The van der Waals surface area contributed by atoms with Crippen LogP contribution in [0.2, 0.25) is 0 Å². The predicted octanol–water partition coefficient (Wildman–Crippen LogP) is 2.14. The molecule has 6 nitrogen and oxygen atoms in total. The summed E-state index contributed by atoms with van der Waals surface area (Å²) in [6, 6.07) is 10.7. The minimum absolute atomic E-state index is 0.0597. The quantitative estimate of drug-likeness (QED) is 0.930. The van der Waals surface area contributed by atoms with Crippen molar-refractivity contribution in [3.8, 4) is 6.07 Å². The number of para-hydroxylation sites is 1. The minimum atomic E-state index is -3.90. The van der Waals surface area contributed by atoms with Gasteiger partial charge in [-0.1, -0.05) is 12.1 Å². The molecular formula is C13H10N2O4S2. The summed E-state index contributed by atoms with van der Waals surface area (Å²) in [6.45, 7) is 0. The largest absolute Gasteiger partial charge is 0.477 e. The van der Waals surface area contributed by atoms with Gasteiger partial charge in [0.1, 0.15) is 15.2 Å². The number of hydrogen-bond acceptors (Lipinski definition) is 5. The molecule has 1 N–H and O–H groups in total. The van der Waals surface area contributed by atoms with Gasteiger partial charge in [-0.15, -0.1) is 11.3 Å². The SMILES string of the molecule is CN(c1ccccc1C#N)S(=O)(=O)c1ccc(C(=O)O)s1. The molecule has 0 aliphatic rings. The number of carbonyl (C=O) groups is 1. The van der Waals surface area contributed by atoms with E-state index in [-0.39, 0.29) is 20.3 Å². The summed E-state index contributed by atoms with van der Waals surface area (Å²) in [5, 5.41) is 17.9. The van der Waals surface area contributed by atoms with Crippen molar-refractivity contribution in [1.29, 1.82) is 5.26 Å². The van der Waals surface area contributed by atoms with Crippen molar-refractivity contribution >= 4 is 33.0 Å². The van der Waals surface area contributed by atoms with E-state index in [0.717, 1.165) is 4.31 Å². The van der Waals surface area contributed by atoms with Crippen LogP contribution >= 0.6 is 11.3 Å². The van der Waals surface area contributed by atoms with Crippen molar-refractivity contribution < 1.29 is 18.3 Å². The summed E-state index contributed by atoms with van der Waals surface area (Å²) in [5.74, 6) is -1.18. The fourth-order valence-corrected chi connectivity index (χ4v) is 4.21. The number of carboxylic acids is 1. The van der Waals surface area contributed by atoms with E-state index in [2.05, 4.69) is 0 Å². The average molecular weight is 322 g/mol. The van der Waals surface area contributed by atoms with Crippen LogP contribution in [0, 0.1) is 11.3 Å². The lowest BCUT2D eigenvalue weighted by Crippen LogP contribution is -2.26. The molecule has 0 saturated carbocycles. The van der Waals surface area contributed by atoms with Crippen molar-refractivity contribution in [3.63, 3.8) is 0 Å². The highest BCUT2D eigenvalue weighted by atomic mass is 32.2. The van der Waals surface area contributed by atoms with Gasteiger partial charge in [0.25, 0.3) is 10.0 Å². The van der Waals surface area contributed by atoms with Crippen LogP contribution in [0.1, 0.15) is 15.2 Å². The van der Waals surface area contributed by atoms with Gasteiger partial charge in [0.15, 0.2) is 0 Å². The number of hydrogen-bond donors (Lipinski definition) is 1. The number of thiophene rings is 1. The van der Waals surface area contributed by atoms with Gasteiger partial charge < -0.3 is 5.11 Å². The molecule has 8 heteroatoms. The molecule has 0 saturated heterocycles. The molecule has 1 heterocycles. The Labute approximate surface area is 125 Å². The maximum Gasteiger partial charge on any atom is 0.345 e. The Bertz CT molecular complexity index is 834. The van der Waals surface area contributed by atoms with Crippen LogP contribution in [-0.2, 0) is 10.0 Å². The summed E-state index contributed by atoms with van der Waals surface area (Å²) in [7, 11) is -2.57. The molecule has 0 radical (unpaired) electrons. The minimum Gasteiger partial charge on any atom is -0.477 e. The Kier molecular flexibility index (Phi) is 3.97. The third-order valence-corrected chi connectivity index (χ3v) is 6.08. The third kappa shape index (κ3) is 2.74. The van der Waals surface area contributed by atoms with Gasteiger partial charge in [0.2, 0.25) is 0 Å². The molecule has 1 aromatic carbocycles. The van der Waals surface area contributed by atoms with E-state index in [4.69, 9.17) is 10.4 Å². The molecule has 2 rings (SSSR count). The van der Waals surface area contributed by atoms with E-state index < -0.39 is 16.0 Å². The Morgan fingerprint density at radius 2 is 1.95 bits per heavy atom. The number of carboxylic acid groups (broad SMARTS) is 1. The van der Waals surface area contributed by atoms with Crippen LogP contribution < -0.4 is 4.31 Å². The molecule has 0 unspecified atom stereocenters. The second kappa shape index (κ2) is 5.55. The number of benzene rings is 1. The molecule has 0 fully saturated rings. The second-order valence-electron chi connectivity index (χ2n) is 4.03. The Morgan fingerprint density at radius 3 is 2.52 bits per heavy atom. The molecule has 2 aromatic rings. The Morgan fingerprint density at radius 1 is 1.29 bits per heavy atom. The van der Waals surface area contributed by atoms with Crippen LogP contribution in [-0.4, -0.2) is 26.5 Å². The Hall–Kier alpha value is -2.37. The number of sulfonamides is 1. The number of nitrogens with zero attached hydrogens (tertiary/aromatic N) is 2. The zero-order valence-electron chi connectivity index (χ0n) is 10.8. The monoisotopic (exact) mass is 322 g/mol. The van der Waals surface area contributed by atoms with E-state index in [1.165, 1.54) is 31.3 Å². The van der Waals surface area contributed by atoms with Crippen LogP contribution in [0.25, 0.3) is 0 Å². The number of rotatable bonds is 4. The molecule has 0 aliphatic carbocycles. The van der Waals surface area contributed by atoms with E-state index in [1.807, 2.05) is 6.07 Å². The van der Waals surface area contributed by atoms with E-state index in [1.54, 1.807) is 12.1 Å². The van der Waals surface area contributed by atoms with Crippen molar-refractivity contribution in [2.45, 2.75) is 4.21 Å². The number of anilines is 1. The lowest BCUT2D eigenvalue weighted by Gasteiger charge is -2.19. The van der Waals surface area contributed by atoms with E-state index in [0.29, 0.717) is 11.3 Å². The third-order valence-electron chi connectivity index (χ3n) is 2.77. The van der Waals surface area contributed by atoms with Crippen LogP contribution in [0.4, 0.5) is 5.69 Å². The van der Waals surface area contributed by atoms with Crippen LogP contribution in [0.3, 0.4) is 0 Å². The molecule has 21 heavy (non-hydrogen) atoms. The topological polar surface area (TPSA) is 98.5 Å². The van der Waals surface area contributed by atoms with E-state index in [9.17, 15) is 13.2 Å². The van der Waals surface area contributed by atoms with E-state index >= 15 is 0 Å². The molecule has 1 aromatic heterocycles. The zero-order valence-corrected chi connectivity index (χ0v) is 12.5. The van der Waals surface area contributed by atoms with Crippen molar-refractivity contribution in [1.82, 2.24) is 0 Å². The van der Waals surface area contributed by atoms with Gasteiger partial charge in [0.05, 0.1) is 11.3 Å². The standard InChI is InChI=1S/C13H10N2O4S2/c1-15(10-5-3-2-4-9(10)8-14)21(18,19)12-7-6-11(20-12)13(16)17/h2-7H,1H3,(H,16,17). The first kappa shape index (κ1) is 15.0. The number of aromatic carboxylic acids is 1. The normalized spacial score (nSPS) is 10.9. The van der Waals surface area contributed by atoms with Crippen molar-refractivity contribution in [2.75, 3.05) is 11.4 Å². The highest BCUT2D eigenvalue weighted by molar-refractivity contribution is 7.94. The van der Waals surface area contributed by atoms with Gasteiger partial charge in [0, 0.05) is 7.05 Å². The van der Waals surface area contributed by atoms with Crippen LogP contribution in [0.15, 0.2) is 40.6 Å². The zero-order chi connectivity index (χ0) is 15.6. The molecule has 108 valence electrons. The molecule has 0 atom stereocenters. The highest BCUT2D eigenvalue weighted by Gasteiger charge is 2.25. The lowest BCUT2D eigenvalue weighted by molar-refractivity contribution is 0.0702. The molecular weight excluding hydrogens is 312 g/mol. The lowest BCUT2D eigenvalue weighted by atomic mass is 10.2. The van der Waals surface area contributed by atoms with Crippen molar-refractivity contribution in [3.05, 3.63) is 46.8 Å². The summed E-state index contributed by atoms with van der Waals surface area (Å²) in [4.78, 5) is 10.8. The second-order valence-corrected chi connectivity index (χ2v) is 7.31. The highest BCUT2D eigenvalue weighted by Crippen LogP contribution is 2.29.